The van der Waals surface area contributed by atoms with Crippen LogP contribution in [0.25, 0.3) is 0 Å². The molecule has 0 saturated heterocycles. The predicted molar refractivity (Wildman–Crippen MR) is 48.2 cm³/mol. The smallest absolute Gasteiger partial charge is 0.198 e. The van der Waals surface area contributed by atoms with E-state index in [9.17, 15) is 0 Å². The highest BCUT2D eigenvalue weighted by Gasteiger charge is 1.99. The van der Waals surface area contributed by atoms with Crippen molar-refractivity contribution >= 4 is 17.2 Å². The molecule has 0 aliphatic carbocycles. The number of pyridine rings is 1. The van der Waals surface area contributed by atoms with Gasteiger partial charge in [-0.15, -0.1) is 0 Å². The van der Waals surface area contributed by atoms with Crippen LogP contribution in [-0.4, -0.2) is 4.99 Å². The molecule has 0 aliphatic heterocycles. The highest BCUT2D eigenvalue weighted by atomic mass is 35.5. The molecule has 0 aromatic carbocycles. The molecule has 66 valence electrons. The lowest BCUT2D eigenvalue weighted by molar-refractivity contribution is -0.681. The quantitative estimate of drug-likeness (QED) is 0.427. The summed E-state index contributed by atoms with van der Waals surface area (Å²) in [6, 6.07) is 4.05. The maximum Gasteiger partial charge on any atom is 0.198 e. The molecule has 1 aromatic rings. The van der Waals surface area contributed by atoms with Crippen LogP contribution < -0.4 is 22.7 Å². The van der Waals surface area contributed by atoms with Crippen molar-refractivity contribution in [1.82, 2.24) is 0 Å². The Labute approximate surface area is 83.8 Å². The minimum Gasteiger partial charge on any atom is -1.00 e. The summed E-state index contributed by atoms with van der Waals surface area (Å²) >= 11 is 4.77. The molecule has 0 spiro atoms. The molecule has 0 unspecified atom stereocenters. The Hall–Kier alpha value is -0.670. The molecule has 0 fully saturated rings. The van der Waals surface area contributed by atoms with Gasteiger partial charge >= 0.3 is 0 Å². The molecule has 0 amide bonds. The average molecular weight is 203 g/mol. The summed E-state index contributed by atoms with van der Waals surface area (Å²) in [6.45, 7) is 2.67. The third-order valence-electron chi connectivity index (χ3n) is 1.40. The van der Waals surface area contributed by atoms with Gasteiger partial charge in [0.25, 0.3) is 0 Å². The van der Waals surface area contributed by atoms with E-state index in [0.717, 1.165) is 0 Å². The van der Waals surface area contributed by atoms with Crippen LogP contribution in [0.1, 0.15) is 5.56 Å². The van der Waals surface area contributed by atoms with Crippen molar-refractivity contribution in [2.75, 3.05) is 0 Å². The second kappa shape index (κ2) is 5.06. The molecule has 1 heterocycles. The summed E-state index contributed by atoms with van der Waals surface area (Å²) in [5.74, 6) is 0. The van der Waals surface area contributed by atoms with Crippen LogP contribution in [0.2, 0.25) is 0 Å². The highest BCUT2D eigenvalue weighted by Crippen LogP contribution is 1.89. The van der Waals surface area contributed by atoms with Gasteiger partial charge in [0.1, 0.15) is 4.99 Å². The number of aromatic nitrogens is 1. The minimum absolute atomic E-state index is 0. The molecule has 2 N–H and O–H groups in total. The van der Waals surface area contributed by atoms with Crippen LogP contribution in [0, 0.1) is 6.92 Å². The first-order valence-electron chi connectivity index (χ1n) is 3.42. The molecule has 0 bridgehead atoms. The van der Waals surface area contributed by atoms with Crippen LogP contribution in [0.3, 0.4) is 0 Å². The lowest BCUT2D eigenvalue weighted by atomic mass is 10.3. The highest BCUT2D eigenvalue weighted by molar-refractivity contribution is 7.80. The fourth-order valence-electron chi connectivity index (χ4n) is 0.817. The summed E-state index contributed by atoms with van der Waals surface area (Å²) in [5.41, 5.74) is 6.61. The maximum absolute atomic E-state index is 5.37. The Morgan fingerprint density at radius 2 is 2.00 bits per heavy atom. The van der Waals surface area contributed by atoms with E-state index in [1.54, 1.807) is 0 Å². The van der Waals surface area contributed by atoms with Crippen LogP contribution >= 0.6 is 12.2 Å². The number of thiocarbonyl (C=S) groups is 1. The van der Waals surface area contributed by atoms with Crippen LogP contribution in [0.15, 0.2) is 24.5 Å². The number of hydrogen-bond acceptors (Lipinski definition) is 1. The fourth-order valence-corrected chi connectivity index (χ4v) is 0.966. The minimum atomic E-state index is 0. The van der Waals surface area contributed by atoms with Gasteiger partial charge in [-0.05, 0) is 12.5 Å². The summed E-state index contributed by atoms with van der Waals surface area (Å²) in [7, 11) is 0. The zero-order valence-electron chi connectivity index (χ0n) is 6.83. The Kier molecular flexibility index (Phi) is 4.78. The van der Waals surface area contributed by atoms with Gasteiger partial charge in [-0.1, -0.05) is 12.2 Å². The first-order chi connectivity index (χ1) is 5.18. The Morgan fingerprint density at radius 1 is 1.50 bits per heavy atom. The molecule has 0 saturated carbocycles. The predicted octanol–water partition coefficient (Wildman–Crippen LogP) is -2.43. The summed E-state index contributed by atoms with van der Waals surface area (Å²) in [5, 5.41) is 0. The van der Waals surface area contributed by atoms with Crippen molar-refractivity contribution in [3.8, 4) is 0 Å². The van der Waals surface area contributed by atoms with Gasteiger partial charge in [-0.25, -0.2) is 0 Å². The number of hydrogen-bond donors (Lipinski definition) is 1. The Balaban J connectivity index is 0.00000121. The van der Waals surface area contributed by atoms with Crippen molar-refractivity contribution in [2.45, 2.75) is 13.5 Å². The first kappa shape index (κ1) is 11.3. The normalized spacial score (nSPS) is 8.75. The number of halogens is 1. The summed E-state index contributed by atoms with van der Waals surface area (Å²) in [6.07, 6.45) is 3.93. The second-order valence-corrected chi connectivity index (χ2v) is 3.04. The molecule has 12 heavy (non-hydrogen) atoms. The molecular weight excluding hydrogens is 192 g/mol. The van der Waals surface area contributed by atoms with Gasteiger partial charge in [0.05, 0.1) is 0 Å². The molecular formula is C8H11ClN2S. The SMILES string of the molecule is Cc1cc[n+](CC(N)=S)cc1.[Cl-]. The molecule has 0 aliphatic rings. The third kappa shape index (κ3) is 3.64. The third-order valence-corrected chi connectivity index (χ3v) is 1.53. The van der Waals surface area contributed by atoms with E-state index in [1.165, 1.54) is 5.56 Å². The van der Waals surface area contributed by atoms with E-state index in [2.05, 4.69) is 0 Å². The monoisotopic (exact) mass is 202 g/mol. The molecule has 2 nitrogen and oxygen atoms in total. The number of nitrogens with zero attached hydrogens (tertiary/aromatic N) is 1. The lowest BCUT2D eigenvalue weighted by Gasteiger charge is -1.93. The molecule has 1 rings (SSSR count). The molecule has 0 atom stereocenters. The fraction of sp³-hybridized carbons (Fsp3) is 0.250. The zero-order chi connectivity index (χ0) is 8.27. The van der Waals surface area contributed by atoms with E-state index in [4.69, 9.17) is 18.0 Å². The summed E-state index contributed by atoms with van der Waals surface area (Å²) in [4.78, 5) is 0.513. The van der Waals surface area contributed by atoms with Gasteiger partial charge in [0.2, 0.25) is 0 Å². The van der Waals surface area contributed by atoms with Crippen molar-refractivity contribution in [2.24, 2.45) is 5.73 Å². The lowest BCUT2D eigenvalue weighted by Crippen LogP contribution is -3.00. The van der Waals surface area contributed by atoms with Crippen molar-refractivity contribution < 1.29 is 17.0 Å². The van der Waals surface area contributed by atoms with E-state index in [0.29, 0.717) is 11.5 Å². The van der Waals surface area contributed by atoms with E-state index >= 15 is 0 Å². The van der Waals surface area contributed by atoms with Gasteiger partial charge in [-0.2, -0.15) is 4.57 Å². The standard InChI is InChI=1S/C8H10N2S.ClH/c1-7-2-4-10(5-3-7)6-8(9)11;/h2-5H,6H2,1H3,(H-,9,11);1H. The number of rotatable bonds is 2. The first-order valence-corrected chi connectivity index (χ1v) is 3.83. The number of nitrogens with two attached hydrogens (primary N) is 1. The Bertz CT molecular complexity index is 258. The van der Waals surface area contributed by atoms with Gasteiger partial charge in [0, 0.05) is 12.1 Å². The Morgan fingerprint density at radius 3 is 2.42 bits per heavy atom. The topological polar surface area (TPSA) is 29.9 Å². The van der Waals surface area contributed by atoms with Gasteiger partial charge in [-0.3, -0.25) is 0 Å². The zero-order valence-corrected chi connectivity index (χ0v) is 8.40. The van der Waals surface area contributed by atoms with E-state index < -0.39 is 0 Å². The largest absolute Gasteiger partial charge is 1.00 e. The molecule has 4 heteroatoms. The van der Waals surface area contributed by atoms with Crippen molar-refractivity contribution in [3.05, 3.63) is 30.1 Å². The molecule has 0 radical (unpaired) electrons. The van der Waals surface area contributed by atoms with Crippen LogP contribution in [0.4, 0.5) is 0 Å². The molecule has 1 aromatic heterocycles. The van der Waals surface area contributed by atoms with E-state index in [-0.39, 0.29) is 12.4 Å². The van der Waals surface area contributed by atoms with Crippen molar-refractivity contribution in [3.63, 3.8) is 0 Å². The number of aryl methyl sites for hydroxylation is 1. The second-order valence-electron chi connectivity index (χ2n) is 2.51. The van der Waals surface area contributed by atoms with E-state index in [1.807, 2.05) is 36.0 Å². The average Bonchev–Trinajstić information content (AvgIpc) is 1.93. The van der Waals surface area contributed by atoms with Gasteiger partial charge in [0.15, 0.2) is 18.9 Å². The van der Waals surface area contributed by atoms with Crippen molar-refractivity contribution in [1.29, 1.82) is 0 Å². The van der Waals surface area contributed by atoms with Crippen LogP contribution in [-0.2, 0) is 6.54 Å². The van der Waals surface area contributed by atoms with Crippen LogP contribution in [0.5, 0.6) is 0 Å². The maximum atomic E-state index is 5.37. The summed E-state index contributed by atoms with van der Waals surface area (Å²) < 4.78 is 1.95. The van der Waals surface area contributed by atoms with Gasteiger partial charge < -0.3 is 18.1 Å².